The molecule has 0 aromatic carbocycles. The molecule has 4 nitrogen and oxygen atoms in total. The molecule has 1 heterocycles. The Morgan fingerprint density at radius 2 is 2.00 bits per heavy atom. The van der Waals surface area contributed by atoms with Crippen LogP contribution in [-0.4, -0.2) is 31.9 Å². The van der Waals surface area contributed by atoms with Crippen molar-refractivity contribution in [1.82, 2.24) is 9.62 Å². The predicted octanol–water partition coefficient (Wildman–Crippen LogP) is 3.37. The van der Waals surface area contributed by atoms with E-state index in [2.05, 4.69) is 12.2 Å². The maximum atomic E-state index is 12.8. The summed E-state index contributed by atoms with van der Waals surface area (Å²) >= 11 is 1.57. The van der Waals surface area contributed by atoms with Gasteiger partial charge in [0.2, 0.25) is 10.0 Å². The Bertz CT molecular complexity index is 538. The molecule has 21 heavy (non-hydrogen) atoms. The van der Waals surface area contributed by atoms with E-state index in [-0.39, 0.29) is 6.04 Å². The molecule has 1 N–H and O–H groups in total. The van der Waals surface area contributed by atoms with Crippen LogP contribution in [-0.2, 0) is 16.6 Å². The van der Waals surface area contributed by atoms with Crippen LogP contribution in [0.1, 0.15) is 50.3 Å². The zero-order chi connectivity index (χ0) is 16.0. The van der Waals surface area contributed by atoms with Crippen LogP contribution in [0.5, 0.6) is 0 Å². The molecule has 0 aliphatic carbocycles. The van der Waals surface area contributed by atoms with Crippen molar-refractivity contribution in [2.45, 2.75) is 64.9 Å². The standard InChI is InChI=1S/C15H28N2O2S2/c1-6-9-16-11-14-10-15(13(5)20-14)21(18,19)17(8-3)12(4)7-2/h10,12,16H,6-9,11H2,1-5H3. The fraction of sp³-hybridized carbons (Fsp3) is 0.733. The zero-order valence-corrected chi connectivity index (χ0v) is 15.4. The minimum Gasteiger partial charge on any atom is -0.312 e. The SMILES string of the molecule is CCCNCc1cc(S(=O)(=O)N(CC)C(C)CC)c(C)s1. The van der Waals surface area contributed by atoms with Gasteiger partial charge in [0.25, 0.3) is 0 Å². The first-order valence-electron chi connectivity index (χ1n) is 7.70. The second kappa shape index (κ2) is 8.27. The number of sulfonamides is 1. The molecule has 122 valence electrons. The summed E-state index contributed by atoms with van der Waals surface area (Å²) in [5, 5.41) is 3.32. The lowest BCUT2D eigenvalue weighted by atomic mass is 10.3. The molecule has 6 heteroatoms. The van der Waals surface area contributed by atoms with E-state index in [0.717, 1.165) is 35.7 Å². The summed E-state index contributed by atoms with van der Waals surface area (Å²) in [5.74, 6) is 0. The predicted molar refractivity (Wildman–Crippen MR) is 90.4 cm³/mol. The highest BCUT2D eigenvalue weighted by Gasteiger charge is 2.29. The second-order valence-electron chi connectivity index (χ2n) is 5.28. The molecular weight excluding hydrogens is 304 g/mol. The summed E-state index contributed by atoms with van der Waals surface area (Å²) in [5.41, 5.74) is 0. The fourth-order valence-corrected chi connectivity index (χ4v) is 5.59. The first-order chi connectivity index (χ1) is 9.88. The minimum atomic E-state index is -3.39. The van der Waals surface area contributed by atoms with Gasteiger partial charge in [-0.05, 0) is 39.3 Å². The Labute approximate surface area is 133 Å². The number of hydrogen-bond acceptors (Lipinski definition) is 4. The van der Waals surface area contributed by atoms with E-state index in [0.29, 0.717) is 11.4 Å². The monoisotopic (exact) mass is 332 g/mol. The topological polar surface area (TPSA) is 49.4 Å². The first kappa shape index (κ1) is 18.6. The maximum absolute atomic E-state index is 12.8. The summed E-state index contributed by atoms with van der Waals surface area (Å²) in [6.07, 6.45) is 1.90. The molecule has 1 aromatic heterocycles. The van der Waals surface area contributed by atoms with Gasteiger partial charge in [-0.2, -0.15) is 4.31 Å². The second-order valence-corrected chi connectivity index (χ2v) is 8.48. The molecule has 1 atom stereocenters. The Morgan fingerprint density at radius 3 is 2.52 bits per heavy atom. The van der Waals surface area contributed by atoms with Crippen molar-refractivity contribution >= 4 is 21.4 Å². The summed E-state index contributed by atoms with van der Waals surface area (Å²) in [4.78, 5) is 2.44. The molecule has 0 aliphatic rings. The summed E-state index contributed by atoms with van der Waals surface area (Å²) < 4.78 is 27.3. The lowest BCUT2D eigenvalue weighted by molar-refractivity contribution is 0.342. The third kappa shape index (κ3) is 4.52. The first-order valence-corrected chi connectivity index (χ1v) is 9.95. The molecule has 0 saturated heterocycles. The lowest BCUT2D eigenvalue weighted by Crippen LogP contribution is -2.38. The van der Waals surface area contributed by atoms with E-state index >= 15 is 0 Å². The zero-order valence-electron chi connectivity index (χ0n) is 13.8. The summed E-state index contributed by atoms with van der Waals surface area (Å²) in [6, 6.07) is 1.87. The number of thiophene rings is 1. The van der Waals surface area contributed by atoms with E-state index in [1.54, 1.807) is 15.6 Å². The summed E-state index contributed by atoms with van der Waals surface area (Å²) in [6.45, 7) is 12.1. The molecule has 0 bridgehead atoms. The largest absolute Gasteiger partial charge is 0.312 e. The van der Waals surface area contributed by atoms with Crippen LogP contribution in [0.15, 0.2) is 11.0 Å². The van der Waals surface area contributed by atoms with Crippen LogP contribution in [0, 0.1) is 6.92 Å². The van der Waals surface area contributed by atoms with Gasteiger partial charge in [-0.15, -0.1) is 11.3 Å². The molecule has 0 saturated carbocycles. The smallest absolute Gasteiger partial charge is 0.244 e. The Hall–Kier alpha value is -0.430. The Morgan fingerprint density at radius 1 is 1.33 bits per heavy atom. The van der Waals surface area contributed by atoms with Gasteiger partial charge >= 0.3 is 0 Å². The molecular formula is C15H28N2O2S2. The molecule has 0 amide bonds. The molecule has 0 radical (unpaired) electrons. The maximum Gasteiger partial charge on any atom is 0.244 e. The van der Waals surface area contributed by atoms with Gasteiger partial charge in [-0.3, -0.25) is 0 Å². The quantitative estimate of drug-likeness (QED) is 0.705. The van der Waals surface area contributed by atoms with Gasteiger partial charge < -0.3 is 5.32 Å². The number of aryl methyl sites for hydroxylation is 1. The van der Waals surface area contributed by atoms with E-state index in [1.165, 1.54) is 0 Å². The number of nitrogens with zero attached hydrogens (tertiary/aromatic N) is 1. The van der Waals surface area contributed by atoms with Crippen molar-refractivity contribution in [3.8, 4) is 0 Å². The molecule has 0 aliphatic heterocycles. The van der Waals surface area contributed by atoms with E-state index < -0.39 is 10.0 Å². The van der Waals surface area contributed by atoms with Gasteiger partial charge in [0.1, 0.15) is 0 Å². The van der Waals surface area contributed by atoms with Crippen molar-refractivity contribution in [3.05, 3.63) is 15.8 Å². The molecule has 0 fully saturated rings. The lowest BCUT2D eigenvalue weighted by Gasteiger charge is -2.26. The van der Waals surface area contributed by atoms with E-state index in [9.17, 15) is 8.42 Å². The van der Waals surface area contributed by atoms with Crippen LogP contribution in [0.3, 0.4) is 0 Å². The van der Waals surface area contributed by atoms with Crippen molar-refractivity contribution in [2.75, 3.05) is 13.1 Å². The number of rotatable bonds is 9. The molecule has 1 rings (SSSR count). The highest BCUT2D eigenvalue weighted by atomic mass is 32.2. The fourth-order valence-electron chi connectivity index (χ4n) is 2.30. The van der Waals surface area contributed by atoms with Gasteiger partial charge in [0, 0.05) is 28.9 Å². The molecule has 1 aromatic rings. The Kier molecular flexibility index (Phi) is 7.33. The van der Waals surface area contributed by atoms with E-state index in [1.807, 2.05) is 33.8 Å². The van der Waals surface area contributed by atoms with Crippen molar-refractivity contribution < 1.29 is 8.42 Å². The molecule has 1 unspecified atom stereocenters. The third-order valence-corrected chi connectivity index (χ3v) is 7.03. The van der Waals surface area contributed by atoms with Crippen LogP contribution in [0.2, 0.25) is 0 Å². The number of hydrogen-bond donors (Lipinski definition) is 1. The van der Waals surface area contributed by atoms with Crippen LogP contribution >= 0.6 is 11.3 Å². The van der Waals surface area contributed by atoms with Crippen LogP contribution in [0.25, 0.3) is 0 Å². The Balaban J connectivity index is 3.02. The van der Waals surface area contributed by atoms with E-state index in [4.69, 9.17) is 0 Å². The van der Waals surface area contributed by atoms with Crippen molar-refractivity contribution in [3.63, 3.8) is 0 Å². The average Bonchev–Trinajstić information content (AvgIpc) is 2.81. The third-order valence-electron chi connectivity index (χ3n) is 3.63. The highest BCUT2D eigenvalue weighted by Crippen LogP contribution is 2.29. The van der Waals surface area contributed by atoms with Gasteiger partial charge in [-0.25, -0.2) is 8.42 Å². The highest BCUT2D eigenvalue weighted by molar-refractivity contribution is 7.89. The minimum absolute atomic E-state index is 0.0287. The molecule has 0 spiro atoms. The average molecular weight is 333 g/mol. The van der Waals surface area contributed by atoms with Crippen LogP contribution in [0.4, 0.5) is 0 Å². The normalized spacial score (nSPS) is 13.8. The van der Waals surface area contributed by atoms with Crippen LogP contribution < -0.4 is 5.32 Å². The number of nitrogens with one attached hydrogen (secondary N) is 1. The van der Waals surface area contributed by atoms with Crippen molar-refractivity contribution in [1.29, 1.82) is 0 Å². The van der Waals surface area contributed by atoms with Gasteiger partial charge in [0.05, 0.1) is 4.90 Å². The van der Waals surface area contributed by atoms with Gasteiger partial charge in [-0.1, -0.05) is 20.8 Å². The van der Waals surface area contributed by atoms with Crippen molar-refractivity contribution in [2.24, 2.45) is 0 Å². The summed E-state index contributed by atoms with van der Waals surface area (Å²) in [7, 11) is -3.39. The van der Waals surface area contributed by atoms with Gasteiger partial charge in [0.15, 0.2) is 0 Å².